The molecule has 0 spiro atoms. The van der Waals surface area contributed by atoms with Crippen LogP contribution in [0.5, 0.6) is 34.5 Å². The van der Waals surface area contributed by atoms with Crippen molar-refractivity contribution in [3.63, 3.8) is 0 Å². The van der Waals surface area contributed by atoms with Gasteiger partial charge >= 0.3 is 0 Å². The highest BCUT2D eigenvalue weighted by atomic mass is 16.6. The van der Waals surface area contributed by atoms with E-state index in [0.717, 1.165) is 80.3 Å². The molecule has 0 saturated carbocycles. The number of nitrogens with zero attached hydrogens (tertiary/aromatic N) is 4. The third kappa shape index (κ3) is 4.18. The van der Waals surface area contributed by atoms with Gasteiger partial charge in [0.05, 0.1) is 14.2 Å². The van der Waals surface area contributed by atoms with Gasteiger partial charge in [-0.3, -0.25) is 9.80 Å². The van der Waals surface area contributed by atoms with Crippen LogP contribution in [0.4, 0.5) is 0 Å². The lowest BCUT2D eigenvalue weighted by Gasteiger charge is -2.55. The Morgan fingerprint density at radius 2 is 1.21 bits per heavy atom. The molecule has 3 aromatic carbocycles. The zero-order chi connectivity index (χ0) is 33.5. The first kappa shape index (κ1) is 31.1. The number of hydrogen-bond acceptors (Lipinski definition) is 8. The highest BCUT2D eigenvalue weighted by Gasteiger charge is 2.55. The van der Waals surface area contributed by atoms with E-state index in [1.54, 1.807) is 14.2 Å². The summed E-state index contributed by atoms with van der Waals surface area (Å²) in [7, 11) is 3.50. The lowest BCUT2D eigenvalue weighted by atomic mass is 9.48. The SMILES string of the molecule is COc1cc2c(c(CN3CCCC3)c1OC)C1(C)CCC2(C)c2c1cc1c(c2CN2CCCC2)Oc2c(C#N)c(C)c(C)c(C#N)c2O1. The summed E-state index contributed by atoms with van der Waals surface area (Å²) >= 11 is 0. The van der Waals surface area contributed by atoms with E-state index in [0.29, 0.717) is 34.1 Å². The maximum atomic E-state index is 10.3. The highest BCUT2D eigenvalue weighted by Crippen LogP contribution is 2.66. The number of likely N-dealkylation sites (tertiary alicyclic amines) is 2. The third-order valence-corrected chi connectivity index (χ3v) is 12.3. The molecule has 3 heterocycles. The number of nitriles is 2. The summed E-state index contributed by atoms with van der Waals surface area (Å²) in [6.07, 6.45) is 6.77. The Morgan fingerprint density at radius 3 is 1.73 bits per heavy atom. The number of benzene rings is 3. The van der Waals surface area contributed by atoms with Crippen LogP contribution in [0.3, 0.4) is 0 Å². The zero-order valence-electron chi connectivity index (χ0n) is 29.1. The van der Waals surface area contributed by atoms with Crippen molar-refractivity contribution in [2.24, 2.45) is 0 Å². The number of fused-ring (bicyclic) bond motifs is 3. The molecule has 0 radical (unpaired) electrons. The van der Waals surface area contributed by atoms with Crippen molar-refractivity contribution in [1.82, 2.24) is 9.80 Å². The summed E-state index contributed by atoms with van der Waals surface area (Å²) in [5.41, 5.74) is 9.31. The molecule has 248 valence electrons. The minimum Gasteiger partial charge on any atom is -0.493 e. The summed E-state index contributed by atoms with van der Waals surface area (Å²) in [6.45, 7) is 14.3. The molecule has 2 bridgehead atoms. The third-order valence-electron chi connectivity index (χ3n) is 12.3. The van der Waals surface area contributed by atoms with Gasteiger partial charge in [0.15, 0.2) is 34.5 Å². The Bertz CT molecular complexity index is 1960. The number of rotatable bonds is 6. The van der Waals surface area contributed by atoms with Gasteiger partial charge in [0.25, 0.3) is 0 Å². The van der Waals surface area contributed by atoms with Crippen LogP contribution in [-0.4, -0.2) is 50.2 Å². The fourth-order valence-electron chi connectivity index (χ4n) is 9.62. The predicted molar refractivity (Wildman–Crippen MR) is 183 cm³/mol. The van der Waals surface area contributed by atoms with Crippen molar-refractivity contribution in [1.29, 1.82) is 10.5 Å². The second-order valence-electron chi connectivity index (χ2n) is 14.8. The summed E-state index contributed by atoms with van der Waals surface area (Å²) in [5.74, 6) is 3.61. The quantitative estimate of drug-likeness (QED) is 0.209. The zero-order valence-corrected chi connectivity index (χ0v) is 29.1. The number of ether oxygens (including phenoxy) is 4. The first-order valence-electron chi connectivity index (χ1n) is 17.5. The monoisotopic (exact) mass is 644 g/mol. The van der Waals surface area contributed by atoms with E-state index in [1.807, 2.05) is 13.8 Å². The molecule has 3 aliphatic heterocycles. The number of hydrogen-bond donors (Lipinski definition) is 0. The Morgan fingerprint density at radius 1 is 0.708 bits per heavy atom. The van der Waals surface area contributed by atoms with E-state index >= 15 is 0 Å². The van der Waals surface area contributed by atoms with Crippen molar-refractivity contribution in [2.75, 3.05) is 40.4 Å². The molecule has 3 aliphatic carbocycles. The lowest BCUT2D eigenvalue weighted by Crippen LogP contribution is -2.48. The fraction of sp³-hybridized carbons (Fsp3) is 0.500. The van der Waals surface area contributed by atoms with Crippen molar-refractivity contribution >= 4 is 0 Å². The largest absolute Gasteiger partial charge is 0.493 e. The second-order valence-corrected chi connectivity index (χ2v) is 14.8. The second kappa shape index (κ2) is 11.2. The molecule has 0 amide bonds. The molecule has 2 unspecified atom stereocenters. The van der Waals surface area contributed by atoms with Crippen LogP contribution < -0.4 is 18.9 Å². The van der Waals surface area contributed by atoms with E-state index < -0.39 is 0 Å². The van der Waals surface area contributed by atoms with Crippen LogP contribution >= 0.6 is 0 Å². The van der Waals surface area contributed by atoms with Crippen LogP contribution in [-0.2, 0) is 23.9 Å². The minimum atomic E-state index is -0.311. The van der Waals surface area contributed by atoms with E-state index in [2.05, 4.69) is 47.9 Å². The summed E-state index contributed by atoms with van der Waals surface area (Å²) in [5, 5.41) is 20.5. The summed E-state index contributed by atoms with van der Waals surface area (Å²) in [6, 6.07) is 9.14. The van der Waals surface area contributed by atoms with Gasteiger partial charge in [0.1, 0.15) is 23.3 Å². The van der Waals surface area contributed by atoms with E-state index in [-0.39, 0.29) is 10.8 Å². The Kier molecular flexibility index (Phi) is 7.22. The van der Waals surface area contributed by atoms with Gasteiger partial charge in [0.2, 0.25) is 0 Å². The molecule has 2 saturated heterocycles. The molecule has 9 rings (SSSR count). The molecular weight excluding hydrogens is 600 g/mol. The minimum absolute atomic E-state index is 0.311. The Hall–Kier alpha value is -4.24. The van der Waals surface area contributed by atoms with Crippen LogP contribution in [0.2, 0.25) is 0 Å². The van der Waals surface area contributed by atoms with Gasteiger partial charge in [0, 0.05) is 35.0 Å². The van der Waals surface area contributed by atoms with Crippen molar-refractivity contribution < 1.29 is 18.9 Å². The van der Waals surface area contributed by atoms with Crippen molar-refractivity contribution in [3.05, 3.63) is 67.8 Å². The molecule has 3 aromatic rings. The molecule has 2 atom stereocenters. The molecule has 6 aliphatic rings. The lowest BCUT2D eigenvalue weighted by molar-refractivity contribution is 0.274. The normalized spacial score (nSPS) is 23.7. The first-order chi connectivity index (χ1) is 23.2. The average molecular weight is 645 g/mol. The molecule has 8 heteroatoms. The standard InChI is InChI=1S/C40H44N4O4/c1-23-24(2)26(20-42)38-37(25(23)19-41)47-32-18-30-34(28(36(32)48-38)22-44-15-9-10-16-44)39(3)11-12-40(30,4)33-27(21-43-13-7-8-14-43)35(46-6)31(45-5)17-29(33)39/h17-18H,7-16,21-22H2,1-6H3. The van der Waals surface area contributed by atoms with E-state index in [1.165, 1.54) is 53.5 Å². The Labute approximate surface area is 283 Å². The maximum Gasteiger partial charge on any atom is 0.189 e. The van der Waals surface area contributed by atoms with Gasteiger partial charge in [-0.25, -0.2) is 0 Å². The van der Waals surface area contributed by atoms with Crippen LogP contribution in [0.25, 0.3) is 0 Å². The van der Waals surface area contributed by atoms with Gasteiger partial charge in [-0.15, -0.1) is 0 Å². The van der Waals surface area contributed by atoms with Gasteiger partial charge in [-0.05, 0) is 124 Å². The summed E-state index contributed by atoms with van der Waals surface area (Å²) < 4.78 is 25.9. The molecule has 0 aromatic heterocycles. The fourth-order valence-corrected chi connectivity index (χ4v) is 9.62. The van der Waals surface area contributed by atoms with Gasteiger partial charge < -0.3 is 18.9 Å². The molecule has 0 N–H and O–H groups in total. The van der Waals surface area contributed by atoms with Crippen LogP contribution in [0.15, 0.2) is 12.1 Å². The van der Waals surface area contributed by atoms with E-state index in [9.17, 15) is 10.5 Å². The highest BCUT2D eigenvalue weighted by molar-refractivity contribution is 5.76. The topological polar surface area (TPSA) is 91.0 Å². The Balaban J connectivity index is 1.41. The van der Waals surface area contributed by atoms with Gasteiger partial charge in [-0.2, -0.15) is 10.5 Å². The summed E-state index contributed by atoms with van der Waals surface area (Å²) in [4.78, 5) is 5.07. The molecule has 8 nitrogen and oxygen atoms in total. The van der Waals surface area contributed by atoms with Crippen LogP contribution in [0.1, 0.15) is 108 Å². The number of methoxy groups -OCH3 is 2. The van der Waals surface area contributed by atoms with Crippen molar-refractivity contribution in [3.8, 4) is 46.6 Å². The maximum absolute atomic E-state index is 10.3. The smallest absolute Gasteiger partial charge is 0.189 e. The first-order valence-corrected chi connectivity index (χ1v) is 17.5. The molecular formula is C40H44N4O4. The average Bonchev–Trinajstić information content (AvgIpc) is 3.81. The van der Waals surface area contributed by atoms with Crippen LogP contribution in [0, 0.1) is 36.5 Å². The van der Waals surface area contributed by atoms with Gasteiger partial charge in [-0.1, -0.05) is 13.8 Å². The molecule has 2 fully saturated rings. The predicted octanol–water partition coefficient (Wildman–Crippen LogP) is 7.87. The van der Waals surface area contributed by atoms with E-state index in [4.69, 9.17) is 18.9 Å². The van der Waals surface area contributed by atoms with Crippen molar-refractivity contribution in [2.45, 2.75) is 90.1 Å². The molecule has 48 heavy (non-hydrogen) atoms.